The molecule has 1 aromatic rings. The van der Waals surface area contributed by atoms with E-state index in [0.29, 0.717) is 18.8 Å². The topological polar surface area (TPSA) is 93.5 Å². The first-order chi connectivity index (χ1) is 11.4. The molecule has 0 bridgehead atoms. The highest BCUT2D eigenvalue weighted by atomic mass is 35.5. The van der Waals surface area contributed by atoms with Gasteiger partial charge in [-0.05, 0) is 44.0 Å². The Balaban J connectivity index is 0.00000312. The maximum absolute atomic E-state index is 12.5. The fourth-order valence-electron chi connectivity index (χ4n) is 3.04. The summed E-state index contributed by atoms with van der Waals surface area (Å²) in [4.78, 5) is 23.6. The predicted molar refractivity (Wildman–Crippen MR) is 101 cm³/mol. The number of carbonyl (C=O) groups excluding carboxylic acids is 2. The van der Waals surface area contributed by atoms with Crippen LogP contribution >= 0.6 is 12.4 Å². The number of hydrogen-bond acceptors (Lipinski definition) is 4. The number of halogens is 1. The van der Waals surface area contributed by atoms with Crippen molar-refractivity contribution in [3.05, 3.63) is 24.3 Å². The summed E-state index contributed by atoms with van der Waals surface area (Å²) in [6, 6.07) is 7.15. The van der Waals surface area contributed by atoms with E-state index in [1.807, 2.05) is 6.92 Å². The van der Waals surface area contributed by atoms with Crippen LogP contribution in [0.2, 0.25) is 0 Å². The summed E-state index contributed by atoms with van der Waals surface area (Å²) in [7, 11) is 1.60. The van der Waals surface area contributed by atoms with E-state index in [0.717, 1.165) is 31.4 Å². The van der Waals surface area contributed by atoms with E-state index in [9.17, 15) is 9.59 Å². The lowest BCUT2D eigenvalue weighted by Crippen LogP contribution is -2.51. The normalized spacial score (nSPS) is 22.4. The Kier molecular flexibility index (Phi) is 8.19. The highest BCUT2D eigenvalue weighted by Crippen LogP contribution is 2.32. The molecule has 7 heteroatoms. The van der Waals surface area contributed by atoms with Gasteiger partial charge in [0.1, 0.15) is 5.75 Å². The van der Waals surface area contributed by atoms with Crippen molar-refractivity contribution in [2.75, 3.05) is 19.0 Å². The van der Waals surface area contributed by atoms with Gasteiger partial charge in [-0.2, -0.15) is 0 Å². The summed E-state index contributed by atoms with van der Waals surface area (Å²) in [6.45, 7) is 2.28. The van der Waals surface area contributed by atoms with Gasteiger partial charge in [0.2, 0.25) is 11.8 Å². The van der Waals surface area contributed by atoms with Gasteiger partial charge in [-0.15, -0.1) is 12.4 Å². The lowest BCUT2D eigenvalue weighted by atomic mass is 9.74. The van der Waals surface area contributed by atoms with Crippen LogP contribution in [0.4, 0.5) is 5.69 Å². The molecule has 1 fully saturated rings. The van der Waals surface area contributed by atoms with Crippen LogP contribution in [0.1, 0.15) is 39.0 Å². The van der Waals surface area contributed by atoms with Gasteiger partial charge in [-0.1, -0.05) is 12.8 Å². The molecule has 0 saturated heterocycles. The Bertz CT molecular complexity index is 575. The third-order valence-electron chi connectivity index (χ3n) is 4.57. The average Bonchev–Trinajstić information content (AvgIpc) is 2.55. The van der Waals surface area contributed by atoms with Crippen LogP contribution in [0.5, 0.6) is 5.75 Å². The second-order valence-electron chi connectivity index (χ2n) is 6.59. The SMILES string of the molecule is CNC(=O)CCOc1ccc(NC(=O)C2CCCCC2(C)N)cc1.Cl. The second kappa shape index (κ2) is 9.63. The van der Waals surface area contributed by atoms with Crippen LogP contribution in [0.15, 0.2) is 24.3 Å². The first-order valence-electron chi connectivity index (χ1n) is 8.45. The lowest BCUT2D eigenvalue weighted by molar-refractivity contribution is -0.123. The molecule has 0 heterocycles. The summed E-state index contributed by atoms with van der Waals surface area (Å²) < 4.78 is 5.49. The number of anilines is 1. The van der Waals surface area contributed by atoms with Crippen LogP contribution < -0.4 is 21.1 Å². The van der Waals surface area contributed by atoms with Gasteiger partial charge in [-0.25, -0.2) is 0 Å². The predicted octanol–water partition coefficient (Wildman–Crippen LogP) is 2.47. The number of nitrogens with one attached hydrogen (secondary N) is 2. The number of nitrogens with two attached hydrogens (primary N) is 1. The highest BCUT2D eigenvalue weighted by molar-refractivity contribution is 5.93. The van der Waals surface area contributed by atoms with E-state index in [1.165, 1.54) is 0 Å². The van der Waals surface area contributed by atoms with Crippen LogP contribution in [-0.2, 0) is 9.59 Å². The van der Waals surface area contributed by atoms with Crippen molar-refractivity contribution in [1.82, 2.24) is 5.32 Å². The summed E-state index contributed by atoms with van der Waals surface area (Å²) in [5.41, 5.74) is 6.56. The standard InChI is InChI=1S/C18H27N3O3.ClH/c1-18(19)11-4-3-5-15(18)17(23)21-13-6-8-14(9-7-13)24-12-10-16(22)20-2;/h6-9,15H,3-5,10-12,19H2,1-2H3,(H,20,22)(H,21,23);1H. The number of hydrogen-bond donors (Lipinski definition) is 3. The molecule has 2 rings (SSSR count). The maximum atomic E-state index is 12.5. The van der Waals surface area contributed by atoms with Crippen molar-refractivity contribution in [1.29, 1.82) is 0 Å². The molecule has 1 saturated carbocycles. The Morgan fingerprint density at radius 2 is 1.96 bits per heavy atom. The van der Waals surface area contributed by atoms with Gasteiger partial charge in [0, 0.05) is 18.3 Å². The van der Waals surface area contributed by atoms with Crippen LogP contribution in [-0.4, -0.2) is 31.0 Å². The fourth-order valence-corrected chi connectivity index (χ4v) is 3.04. The third kappa shape index (κ3) is 6.21. The van der Waals surface area contributed by atoms with Crippen molar-refractivity contribution in [2.45, 2.75) is 44.6 Å². The molecular formula is C18H28ClN3O3. The van der Waals surface area contributed by atoms with E-state index >= 15 is 0 Å². The molecule has 1 aliphatic carbocycles. The van der Waals surface area contributed by atoms with Gasteiger partial charge < -0.3 is 21.1 Å². The number of ether oxygens (including phenoxy) is 1. The number of rotatable bonds is 6. The van der Waals surface area contributed by atoms with E-state index < -0.39 is 5.54 Å². The van der Waals surface area contributed by atoms with Crippen molar-refractivity contribution < 1.29 is 14.3 Å². The minimum absolute atomic E-state index is 0. The zero-order valence-corrected chi connectivity index (χ0v) is 15.7. The molecule has 2 amide bonds. The summed E-state index contributed by atoms with van der Waals surface area (Å²) >= 11 is 0. The molecule has 1 aliphatic rings. The summed E-state index contributed by atoms with van der Waals surface area (Å²) in [6.07, 6.45) is 4.15. The first-order valence-corrected chi connectivity index (χ1v) is 8.45. The smallest absolute Gasteiger partial charge is 0.229 e. The van der Waals surface area contributed by atoms with E-state index in [1.54, 1.807) is 31.3 Å². The third-order valence-corrected chi connectivity index (χ3v) is 4.57. The minimum atomic E-state index is -0.439. The van der Waals surface area contributed by atoms with E-state index in [-0.39, 0.29) is 30.1 Å². The van der Waals surface area contributed by atoms with Crippen molar-refractivity contribution in [3.8, 4) is 5.75 Å². The summed E-state index contributed by atoms with van der Waals surface area (Å²) in [5, 5.41) is 5.48. The molecule has 4 N–H and O–H groups in total. The largest absolute Gasteiger partial charge is 0.493 e. The fraction of sp³-hybridized carbons (Fsp3) is 0.556. The highest BCUT2D eigenvalue weighted by Gasteiger charge is 2.37. The Hall–Kier alpha value is -1.79. The lowest BCUT2D eigenvalue weighted by Gasteiger charge is -2.37. The minimum Gasteiger partial charge on any atom is -0.493 e. The first kappa shape index (κ1) is 21.3. The Labute approximate surface area is 155 Å². The molecule has 0 spiro atoms. The van der Waals surface area contributed by atoms with E-state index in [4.69, 9.17) is 10.5 Å². The molecule has 25 heavy (non-hydrogen) atoms. The molecule has 0 radical (unpaired) electrons. The van der Waals surface area contributed by atoms with Crippen molar-refractivity contribution in [2.24, 2.45) is 11.7 Å². The molecule has 0 aromatic heterocycles. The van der Waals surface area contributed by atoms with Crippen LogP contribution in [0, 0.1) is 5.92 Å². The quantitative estimate of drug-likeness (QED) is 0.718. The van der Waals surface area contributed by atoms with Crippen molar-refractivity contribution in [3.63, 3.8) is 0 Å². The van der Waals surface area contributed by atoms with Gasteiger partial charge in [0.15, 0.2) is 0 Å². The zero-order chi connectivity index (χ0) is 17.6. The monoisotopic (exact) mass is 369 g/mol. The van der Waals surface area contributed by atoms with E-state index in [2.05, 4.69) is 10.6 Å². The van der Waals surface area contributed by atoms with Crippen LogP contribution in [0.3, 0.4) is 0 Å². The Morgan fingerprint density at radius 1 is 1.28 bits per heavy atom. The van der Waals surface area contributed by atoms with Gasteiger partial charge in [0.05, 0.1) is 18.9 Å². The molecule has 1 aromatic carbocycles. The van der Waals surface area contributed by atoms with Crippen LogP contribution in [0.25, 0.3) is 0 Å². The molecule has 0 aliphatic heterocycles. The van der Waals surface area contributed by atoms with Gasteiger partial charge in [0.25, 0.3) is 0 Å². The van der Waals surface area contributed by atoms with Gasteiger partial charge >= 0.3 is 0 Å². The summed E-state index contributed by atoms with van der Waals surface area (Å²) in [5.74, 6) is 0.428. The average molecular weight is 370 g/mol. The number of carbonyl (C=O) groups is 2. The molecule has 2 atom stereocenters. The number of amides is 2. The van der Waals surface area contributed by atoms with Crippen molar-refractivity contribution >= 4 is 29.9 Å². The maximum Gasteiger partial charge on any atom is 0.229 e. The molecular weight excluding hydrogens is 342 g/mol. The van der Waals surface area contributed by atoms with Gasteiger partial charge in [-0.3, -0.25) is 9.59 Å². The molecule has 6 nitrogen and oxygen atoms in total. The second-order valence-corrected chi connectivity index (χ2v) is 6.59. The molecule has 2 unspecified atom stereocenters. The zero-order valence-electron chi connectivity index (χ0n) is 14.8. The Morgan fingerprint density at radius 3 is 2.56 bits per heavy atom. The number of benzene rings is 1. The molecule has 140 valence electrons.